The summed E-state index contributed by atoms with van der Waals surface area (Å²) < 4.78 is 0.766. The molecule has 2 aromatic carbocycles. The number of amides is 1. The van der Waals surface area contributed by atoms with E-state index in [0.29, 0.717) is 11.4 Å². The van der Waals surface area contributed by atoms with Crippen molar-refractivity contribution in [3.63, 3.8) is 0 Å². The van der Waals surface area contributed by atoms with E-state index < -0.39 is 0 Å². The zero-order valence-electron chi connectivity index (χ0n) is 10.4. The van der Waals surface area contributed by atoms with E-state index in [2.05, 4.69) is 21.2 Å². The third-order valence-electron chi connectivity index (χ3n) is 2.69. The van der Waals surface area contributed by atoms with Crippen LogP contribution in [0, 0.1) is 6.92 Å². The Morgan fingerprint density at radius 2 is 1.89 bits per heavy atom. The second kappa shape index (κ2) is 6.22. The highest BCUT2D eigenvalue weighted by Crippen LogP contribution is 2.25. The molecule has 1 amide bonds. The van der Waals surface area contributed by atoms with E-state index in [4.69, 9.17) is 11.6 Å². The molecule has 0 aromatic heterocycles. The minimum Gasteiger partial charge on any atom is -0.326 e. The molecule has 4 heteroatoms. The Hall–Kier alpha value is -1.32. The van der Waals surface area contributed by atoms with Gasteiger partial charge in [-0.1, -0.05) is 41.4 Å². The first-order valence-corrected chi connectivity index (χ1v) is 7.02. The molecule has 0 unspecified atom stereocenters. The van der Waals surface area contributed by atoms with E-state index in [9.17, 15) is 4.79 Å². The smallest absolute Gasteiger partial charge is 0.228 e. The van der Waals surface area contributed by atoms with Crippen LogP contribution < -0.4 is 5.32 Å². The summed E-state index contributed by atoms with van der Waals surface area (Å²) in [6, 6.07) is 13.2. The van der Waals surface area contributed by atoms with Crippen molar-refractivity contribution in [2.45, 2.75) is 13.3 Å². The Bertz CT molecular complexity index is 596. The van der Waals surface area contributed by atoms with Gasteiger partial charge in [-0.3, -0.25) is 4.79 Å². The van der Waals surface area contributed by atoms with E-state index in [0.717, 1.165) is 15.7 Å². The van der Waals surface area contributed by atoms with Crippen molar-refractivity contribution in [2.75, 3.05) is 5.32 Å². The van der Waals surface area contributed by atoms with Crippen LogP contribution in [0.15, 0.2) is 46.9 Å². The van der Waals surface area contributed by atoms with Crippen molar-refractivity contribution in [1.82, 2.24) is 0 Å². The molecule has 0 aliphatic carbocycles. The number of hydrogen-bond donors (Lipinski definition) is 1. The first-order chi connectivity index (χ1) is 9.04. The fraction of sp³-hybridized carbons (Fsp3) is 0.133. The van der Waals surface area contributed by atoms with Crippen molar-refractivity contribution >= 4 is 39.1 Å². The fourth-order valence-electron chi connectivity index (χ4n) is 1.67. The standard InChI is InChI=1S/C15H13BrClNO/c1-10-2-4-11(5-3-10)8-15(19)18-12-6-7-14(17)13(16)9-12/h2-7,9H,8H2,1H3,(H,18,19). The van der Waals surface area contributed by atoms with Gasteiger partial charge in [0.15, 0.2) is 0 Å². The summed E-state index contributed by atoms with van der Waals surface area (Å²) in [6.07, 6.45) is 0.362. The first-order valence-electron chi connectivity index (χ1n) is 5.85. The highest BCUT2D eigenvalue weighted by atomic mass is 79.9. The highest BCUT2D eigenvalue weighted by Gasteiger charge is 2.05. The number of halogens is 2. The van der Waals surface area contributed by atoms with Gasteiger partial charge < -0.3 is 5.32 Å². The molecular formula is C15H13BrClNO. The van der Waals surface area contributed by atoms with Crippen molar-refractivity contribution < 1.29 is 4.79 Å². The lowest BCUT2D eigenvalue weighted by Gasteiger charge is -2.07. The van der Waals surface area contributed by atoms with E-state index in [-0.39, 0.29) is 5.91 Å². The molecule has 0 fully saturated rings. The van der Waals surface area contributed by atoms with Gasteiger partial charge >= 0.3 is 0 Å². The van der Waals surface area contributed by atoms with Crippen molar-refractivity contribution in [3.8, 4) is 0 Å². The molecule has 0 aliphatic heterocycles. The Balaban J connectivity index is 2.01. The molecule has 0 aliphatic rings. The van der Waals surface area contributed by atoms with Crippen LogP contribution in [0.2, 0.25) is 5.02 Å². The molecule has 2 aromatic rings. The lowest BCUT2D eigenvalue weighted by atomic mass is 10.1. The molecular weight excluding hydrogens is 326 g/mol. The molecule has 2 rings (SSSR count). The van der Waals surface area contributed by atoms with Crippen LogP contribution in [0.4, 0.5) is 5.69 Å². The molecule has 0 bridgehead atoms. The second-order valence-electron chi connectivity index (χ2n) is 4.34. The van der Waals surface area contributed by atoms with Crippen LogP contribution in [-0.4, -0.2) is 5.91 Å². The summed E-state index contributed by atoms with van der Waals surface area (Å²) in [4.78, 5) is 11.9. The summed E-state index contributed by atoms with van der Waals surface area (Å²) in [5, 5.41) is 3.47. The molecule has 1 N–H and O–H groups in total. The minimum absolute atomic E-state index is 0.0434. The maximum atomic E-state index is 11.9. The number of rotatable bonds is 3. The molecule has 0 atom stereocenters. The Morgan fingerprint density at radius 1 is 1.21 bits per heavy atom. The Labute approximate surface area is 125 Å². The topological polar surface area (TPSA) is 29.1 Å². The van der Waals surface area contributed by atoms with E-state index in [1.807, 2.05) is 31.2 Å². The fourth-order valence-corrected chi connectivity index (χ4v) is 2.17. The van der Waals surface area contributed by atoms with Crippen molar-refractivity contribution in [2.24, 2.45) is 0 Å². The van der Waals surface area contributed by atoms with Gasteiger partial charge in [0.2, 0.25) is 5.91 Å². The van der Waals surface area contributed by atoms with Gasteiger partial charge in [-0.15, -0.1) is 0 Å². The zero-order valence-corrected chi connectivity index (χ0v) is 12.8. The summed E-state index contributed by atoms with van der Waals surface area (Å²) in [5.74, 6) is -0.0434. The normalized spacial score (nSPS) is 10.3. The molecule has 19 heavy (non-hydrogen) atoms. The van der Waals surface area contributed by atoms with Gasteiger partial charge in [-0.05, 0) is 46.6 Å². The first kappa shape index (κ1) is 14.1. The molecule has 0 radical (unpaired) electrons. The number of anilines is 1. The summed E-state index contributed by atoms with van der Waals surface area (Å²) >= 11 is 9.23. The molecule has 0 saturated heterocycles. The van der Waals surface area contributed by atoms with E-state index in [1.54, 1.807) is 18.2 Å². The third kappa shape index (κ3) is 4.08. The Morgan fingerprint density at radius 3 is 2.53 bits per heavy atom. The number of benzene rings is 2. The number of aryl methyl sites for hydroxylation is 1. The predicted molar refractivity (Wildman–Crippen MR) is 82.7 cm³/mol. The maximum absolute atomic E-state index is 11.9. The lowest BCUT2D eigenvalue weighted by Crippen LogP contribution is -2.14. The van der Waals surface area contributed by atoms with Crippen molar-refractivity contribution in [3.05, 3.63) is 63.1 Å². The summed E-state index contributed by atoms with van der Waals surface area (Å²) in [5.41, 5.74) is 2.91. The van der Waals surface area contributed by atoms with Gasteiger partial charge in [0, 0.05) is 10.2 Å². The molecule has 98 valence electrons. The monoisotopic (exact) mass is 337 g/mol. The van der Waals surface area contributed by atoms with E-state index in [1.165, 1.54) is 5.56 Å². The van der Waals surface area contributed by atoms with Gasteiger partial charge in [0.25, 0.3) is 0 Å². The van der Waals surface area contributed by atoms with Crippen LogP contribution in [0.25, 0.3) is 0 Å². The van der Waals surface area contributed by atoms with Crippen LogP contribution in [-0.2, 0) is 11.2 Å². The third-order valence-corrected chi connectivity index (χ3v) is 3.90. The van der Waals surface area contributed by atoms with Gasteiger partial charge in [-0.2, -0.15) is 0 Å². The maximum Gasteiger partial charge on any atom is 0.228 e. The largest absolute Gasteiger partial charge is 0.326 e. The van der Waals surface area contributed by atoms with Gasteiger partial charge in [-0.25, -0.2) is 0 Å². The number of carbonyl (C=O) groups is 1. The molecule has 2 nitrogen and oxygen atoms in total. The second-order valence-corrected chi connectivity index (χ2v) is 5.60. The number of hydrogen-bond acceptors (Lipinski definition) is 1. The van der Waals surface area contributed by atoms with Gasteiger partial charge in [0.05, 0.1) is 11.4 Å². The van der Waals surface area contributed by atoms with Crippen LogP contribution in [0.1, 0.15) is 11.1 Å². The highest BCUT2D eigenvalue weighted by molar-refractivity contribution is 9.10. The molecule has 0 heterocycles. The minimum atomic E-state index is -0.0434. The zero-order chi connectivity index (χ0) is 13.8. The average molecular weight is 339 g/mol. The van der Waals surface area contributed by atoms with Crippen molar-refractivity contribution in [1.29, 1.82) is 0 Å². The predicted octanol–water partition coefficient (Wildman–Crippen LogP) is 4.59. The van der Waals surface area contributed by atoms with Crippen LogP contribution >= 0.6 is 27.5 Å². The SMILES string of the molecule is Cc1ccc(CC(=O)Nc2ccc(Cl)c(Br)c2)cc1. The summed E-state index contributed by atoms with van der Waals surface area (Å²) in [7, 11) is 0. The van der Waals surface area contributed by atoms with Crippen LogP contribution in [0.3, 0.4) is 0 Å². The molecule has 0 saturated carbocycles. The number of nitrogens with one attached hydrogen (secondary N) is 1. The van der Waals surface area contributed by atoms with Gasteiger partial charge in [0.1, 0.15) is 0 Å². The average Bonchev–Trinajstić information content (AvgIpc) is 2.37. The summed E-state index contributed by atoms with van der Waals surface area (Å²) in [6.45, 7) is 2.02. The Kier molecular flexibility index (Phi) is 4.61. The van der Waals surface area contributed by atoms with E-state index >= 15 is 0 Å². The molecule has 0 spiro atoms. The number of carbonyl (C=O) groups excluding carboxylic acids is 1. The lowest BCUT2D eigenvalue weighted by molar-refractivity contribution is -0.115. The van der Waals surface area contributed by atoms with Crippen LogP contribution in [0.5, 0.6) is 0 Å². The quantitative estimate of drug-likeness (QED) is 0.871.